The second kappa shape index (κ2) is 3.82. The molecule has 1 heterocycles. The van der Waals surface area contributed by atoms with Crippen LogP contribution in [0.1, 0.15) is 31.6 Å². The molecule has 78 valence electrons. The number of aromatic amines is 1. The molecule has 1 saturated carbocycles. The SMILES string of the molecule is CCc1n[nH]c(=S)n1C1CC(OC)C1. The Morgan fingerprint density at radius 3 is 2.93 bits per heavy atom. The molecule has 1 aromatic rings. The predicted molar refractivity (Wildman–Crippen MR) is 55.9 cm³/mol. The molecule has 1 N–H and O–H groups in total. The van der Waals surface area contributed by atoms with Gasteiger partial charge in [0.2, 0.25) is 0 Å². The van der Waals surface area contributed by atoms with E-state index in [0.29, 0.717) is 12.1 Å². The van der Waals surface area contributed by atoms with Crippen molar-refractivity contribution in [2.45, 2.75) is 38.3 Å². The lowest BCUT2D eigenvalue weighted by molar-refractivity contribution is 0.00495. The summed E-state index contributed by atoms with van der Waals surface area (Å²) in [6, 6.07) is 0.487. The van der Waals surface area contributed by atoms with E-state index in [9.17, 15) is 0 Å². The topological polar surface area (TPSA) is 42.8 Å². The Morgan fingerprint density at radius 1 is 1.64 bits per heavy atom. The third kappa shape index (κ3) is 1.50. The van der Waals surface area contributed by atoms with E-state index >= 15 is 0 Å². The van der Waals surface area contributed by atoms with Crippen molar-refractivity contribution < 1.29 is 4.74 Å². The van der Waals surface area contributed by atoms with E-state index in [4.69, 9.17) is 17.0 Å². The van der Waals surface area contributed by atoms with Crippen LogP contribution in [-0.4, -0.2) is 28.0 Å². The fourth-order valence-electron chi connectivity index (χ4n) is 1.90. The van der Waals surface area contributed by atoms with Gasteiger partial charge in [0.25, 0.3) is 0 Å². The van der Waals surface area contributed by atoms with Crippen LogP contribution in [0.25, 0.3) is 0 Å². The molecule has 0 bridgehead atoms. The highest BCUT2D eigenvalue weighted by atomic mass is 32.1. The Bertz CT molecular complexity index is 364. The Kier molecular flexibility index (Phi) is 2.69. The molecular weight excluding hydrogens is 198 g/mol. The minimum Gasteiger partial charge on any atom is -0.381 e. The summed E-state index contributed by atoms with van der Waals surface area (Å²) in [5.74, 6) is 1.05. The average Bonchev–Trinajstić information content (AvgIpc) is 2.47. The van der Waals surface area contributed by atoms with Crippen LogP contribution in [0.3, 0.4) is 0 Å². The zero-order valence-corrected chi connectivity index (χ0v) is 9.30. The van der Waals surface area contributed by atoms with E-state index in [1.54, 1.807) is 7.11 Å². The summed E-state index contributed by atoms with van der Waals surface area (Å²) in [5.41, 5.74) is 0. The number of rotatable bonds is 3. The second-order valence-corrected chi connectivity index (χ2v) is 4.04. The first-order chi connectivity index (χ1) is 6.76. The molecule has 0 aliphatic heterocycles. The van der Waals surface area contributed by atoms with Gasteiger partial charge in [0.15, 0.2) is 4.77 Å². The summed E-state index contributed by atoms with van der Waals surface area (Å²) in [5, 5.41) is 7.04. The summed E-state index contributed by atoms with van der Waals surface area (Å²) >= 11 is 5.19. The predicted octanol–water partition coefficient (Wildman–Crippen LogP) is 1.85. The van der Waals surface area contributed by atoms with E-state index in [1.807, 2.05) is 0 Å². The molecule has 0 unspecified atom stereocenters. The van der Waals surface area contributed by atoms with Crippen molar-refractivity contribution in [3.05, 3.63) is 10.6 Å². The van der Waals surface area contributed by atoms with Crippen molar-refractivity contribution in [3.63, 3.8) is 0 Å². The zero-order chi connectivity index (χ0) is 10.1. The molecule has 2 rings (SSSR count). The molecule has 14 heavy (non-hydrogen) atoms. The first-order valence-corrected chi connectivity index (χ1v) is 5.35. The van der Waals surface area contributed by atoms with E-state index in [1.165, 1.54) is 0 Å². The Balaban J connectivity index is 2.17. The maximum absolute atomic E-state index is 5.25. The van der Waals surface area contributed by atoms with Gasteiger partial charge in [0, 0.05) is 19.6 Å². The van der Waals surface area contributed by atoms with Crippen molar-refractivity contribution in [2.75, 3.05) is 7.11 Å². The first kappa shape index (κ1) is 9.86. The van der Waals surface area contributed by atoms with Crippen LogP contribution in [0.15, 0.2) is 0 Å². The molecule has 0 aromatic carbocycles. The average molecular weight is 213 g/mol. The maximum Gasteiger partial charge on any atom is 0.195 e. The normalized spacial score (nSPS) is 26.1. The van der Waals surface area contributed by atoms with Gasteiger partial charge in [0.05, 0.1) is 6.10 Å². The third-order valence-corrected chi connectivity index (χ3v) is 3.15. The number of aromatic nitrogens is 3. The Morgan fingerprint density at radius 2 is 2.36 bits per heavy atom. The highest BCUT2D eigenvalue weighted by molar-refractivity contribution is 7.71. The number of nitrogens with zero attached hydrogens (tertiary/aromatic N) is 2. The number of nitrogens with one attached hydrogen (secondary N) is 1. The fourth-order valence-corrected chi connectivity index (χ4v) is 2.20. The second-order valence-electron chi connectivity index (χ2n) is 3.65. The van der Waals surface area contributed by atoms with E-state index in [-0.39, 0.29) is 0 Å². The minimum atomic E-state index is 0.404. The van der Waals surface area contributed by atoms with E-state index < -0.39 is 0 Å². The van der Waals surface area contributed by atoms with Gasteiger partial charge >= 0.3 is 0 Å². The van der Waals surface area contributed by atoms with E-state index in [2.05, 4.69) is 21.7 Å². The largest absolute Gasteiger partial charge is 0.381 e. The van der Waals surface area contributed by atoms with Gasteiger partial charge < -0.3 is 9.30 Å². The summed E-state index contributed by atoms with van der Waals surface area (Å²) in [4.78, 5) is 0. The van der Waals surface area contributed by atoms with Crippen molar-refractivity contribution in [2.24, 2.45) is 0 Å². The lowest BCUT2D eigenvalue weighted by atomic mass is 9.89. The number of ether oxygens (including phenoxy) is 1. The number of hydrogen-bond acceptors (Lipinski definition) is 3. The van der Waals surface area contributed by atoms with Gasteiger partial charge in [-0.2, -0.15) is 5.10 Å². The summed E-state index contributed by atoms with van der Waals surface area (Å²) < 4.78 is 8.12. The molecule has 1 fully saturated rings. The fraction of sp³-hybridized carbons (Fsp3) is 0.778. The monoisotopic (exact) mass is 213 g/mol. The van der Waals surface area contributed by atoms with Crippen molar-refractivity contribution in [1.29, 1.82) is 0 Å². The van der Waals surface area contributed by atoms with Crippen molar-refractivity contribution in [3.8, 4) is 0 Å². The van der Waals surface area contributed by atoms with Crippen LogP contribution >= 0.6 is 12.2 Å². The van der Waals surface area contributed by atoms with Gasteiger partial charge in [-0.25, -0.2) is 0 Å². The molecule has 0 saturated heterocycles. The molecule has 0 spiro atoms. The molecular formula is C9H15N3OS. The molecule has 0 radical (unpaired) electrons. The lowest BCUT2D eigenvalue weighted by Gasteiger charge is -2.35. The number of methoxy groups -OCH3 is 1. The summed E-state index contributed by atoms with van der Waals surface area (Å²) in [6.45, 7) is 2.09. The van der Waals surface area contributed by atoms with Gasteiger partial charge in [-0.15, -0.1) is 0 Å². The van der Waals surface area contributed by atoms with Crippen molar-refractivity contribution >= 4 is 12.2 Å². The highest BCUT2D eigenvalue weighted by Gasteiger charge is 2.32. The standard InChI is InChI=1S/C9H15N3OS/c1-3-8-10-11-9(14)12(8)6-4-7(5-6)13-2/h6-7H,3-5H2,1-2H3,(H,11,14). The Hall–Kier alpha value is -0.680. The third-order valence-electron chi connectivity index (χ3n) is 2.86. The first-order valence-electron chi connectivity index (χ1n) is 4.94. The smallest absolute Gasteiger partial charge is 0.195 e. The molecule has 1 aliphatic carbocycles. The zero-order valence-electron chi connectivity index (χ0n) is 8.49. The van der Waals surface area contributed by atoms with Crippen molar-refractivity contribution in [1.82, 2.24) is 14.8 Å². The highest BCUT2D eigenvalue weighted by Crippen LogP contribution is 2.34. The molecule has 1 aromatic heterocycles. The van der Waals surface area contributed by atoms with Crippen LogP contribution in [0.2, 0.25) is 0 Å². The summed E-state index contributed by atoms with van der Waals surface area (Å²) in [6.07, 6.45) is 3.43. The van der Waals surface area contributed by atoms with Gasteiger partial charge in [-0.3, -0.25) is 5.10 Å². The quantitative estimate of drug-likeness (QED) is 0.779. The van der Waals surface area contributed by atoms with Crippen LogP contribution in [0, 0.1) is 4.77 Å². The molecule has 0 amide bonds. The number of aryl methyl sites for hydroxylation is 1. The maximum atomic E-state index is 5.25. The van der Waals surface area contributed by atoms with Gasteiger partial charge in [0.1, 0.15) is 5.82 Å². The number of H-pyrrole nitrogens is 1. The van der Waals surface area contributed by atoms with E-state index in [0.717, 1.165) is 29.9 Å². The van der Waals surface area contributed by atoms with Gasteiger partial charge in [-0.1, -0.05) is 6.92 Å². The summed E-state index contributed by atoms with van der Waals surface area (Å²) in [7, 11) is 1.76. The Labute approximate surface area is 88.3 Å². The molecule has 0 atom stereocenters. The number of hydrogen-bond donors (Lipinski definition) is 1. The van der Waals surface area contributed by atoms with Crippen LogP contribution in [0.5, 0.6) is 0 Å². The van der Waals surface area contributed by atoms with Crippen LogP contribution < -0.4 is 0 Å². The van der Waals surface area contributed by atoms with Gasteiger partial charge in [-0.05, 0) is 25.1 Å². The minimum absolute atomic E-state index is 0.404. The van der Waals surface area contributed by atoms with Crippen LogP contribution in [0.4, 0.5) is 0 Å². The molecule has 5 heteroatoms. The molecule has 4 nitrogen and oxygen atoms in total. The van der Waals surface area contributed by atoms with Crippen LogP contribution in [-0.2, 0) is 11.2 Å². The lowest BCUT2D eigenvalue weighted by Crippen LogP contribution is -2.33. The molecule has 1 aliphatic rings.